The van der Waals surface area contributed by atoms with Crippen molar-refractivity contribution in [1.29, 1.82) is 0 Å². The van der Waals surface area contributed by atoms with Gasteiger partial charge in [-0.3, -0.25) is 9.59 Å². The number of pyridine rings is 1. The second-order valence-corrected chi connectivity index (χ2v) is 10.1. The van der Waals surface area contributed by atoms with Gasteiger partial charge in [-0.1, -0.05) is 41.4 Å². The van der Waals surface area contributed by atoms with E-state index in [1.807, 2.05) is 74.7 Å². The second kappa shape index (κ2) is 11.5. The van der Waals surface area contributed by atoms with Crippen LogP contribution in [0.25, 0.3) is 11.4 Å². The Morgan fingerprint density at radius 3 is 2.50 bits per heavy atom. The number of ether oxygens (including phenoxy) is 1. The summed E-state index contributed by atoms with van der Waals surface area (Å²) in [6, 6.07) is 14.2. The van der Waals surface area contributed by atoms with Gasteiger partial charge in [0.25, 0.3) is 5.56 Å². The van der Waals surface area contributed by atoms with Crippen LogP contribution in [0.15, 0.2) is 59.5 Å². The van der Waals surface area contributed by atoms with Crippen molar-refractivity contribution in [3.63, 3.8) is 0 Å². The summed E-state index contributed by atoms with van der Waals surface area (Å²) in [5, 5.41) is 4.25. The molecule has 0 saturated heterocycles. The lowest BCUT2D eigenvalue weighted by atomic mass is 9.96. The van der Waals surface area contributed by atoms with Crippen LogP contribution in [-0.4, -0.2) is 27.5 Å². The topological polar surface area (TPSA) is 78.2 Å². The molecule has 0 amide bonds. The first-order valence-electron chi connectivity index (χ1n) is 12.3. The Morgan fingerprint density at radius 1 is 1.13 bits per heavy atom. The highest BCUT2D eigenvalue weighted by atomic mass is 35.5. The molecule has 1 unspecified atom stereocenters. The maximum atomic E-state index is 12.5. The lowest BCUT2D eigenvalue weighted by Gasteiger charge is -2.27. The van der Waals surface area contributed by atoms with E-state index in [1.54, 1.807) is 19.4 Å². The summed E-state index contributed by atoms with van der Waals surface area (Å²) in [4.78, 5) is 29.8. The molecule has 2 heterocycles. The minimum absolute atomic E-state index is 0.0591. The van der Waals surface area contributed by atoms with Gasteiger partial charge in [-0.15, -0.1) is 0 Å². The van der Waals surface area contributed by atoms with Crippen LogP contribution in [0.1, 0.15) is 60.2 Å². The number of aromatic nitrogens is 3. The summed E-state index contributed by atoms with van der Waals surface area (Å²) >= 11 is 12.6. The van der Waals surface area contributed by atoms with Crippen molar-refractivity contribution in [3.05, 3.63) is 97.6 Å². The molecule has 0 aliphatic heterocycles. The van der Waals surface area contributed by atoms with Gasteiger partial charge >= 0.3 is 0 Å². The van der Waals surface area contributed by atoms with E-state index >= 15 is 0 Å². The smallest absolute Gasteiger partial charge is 0.269 e. The highest BCUT2D eigenvalue weighted by Gasteiger charge is 2.30. The summed E-state index contributed by atoms with van der Waals surface area (Å²) in [6.45, 7) is 8.38. The molecule has 1 N–H and O–H groups in total. The average Bonchev–Trinajstić information content (AvgIpc) is 3.29. The molecule has 0 radical (unpaired) electrons. The third-order valence-electron chi connectivity index (χ3n) is 6.46. The number of nitrogens with one attached hydrogen (secondary N) is 1. The van der Waals surface area contributed by atoms with Gasteiger partial charge in [0.1, 0.15) is 22.3 Å². The van der Waals surface area contributed by atoms with Gasteiger partial charge in [0, 0.05) is 23.8 Å². The number of para-hydroxylation sites is 1. The second-order valence-electron chi connectivity index (χ2n) is 9.23. The number of methoxy groups -OCH3 is 1. The van der Waals surface area contributed by atoms with E-state index in [1.165, 1.54) is 4.57 Å². The van der Waals surface area contributed by atoms with E-state index in [4.69, 9.17) is 32.9 Å². The maximum Gasteiger partial charge on any atom is 0.269 e. The van der Waals surface area contributed by atoms with Crippen LogP contribution in [0, 0.1) is 6.92 Å². The van der Waals surface area contributed by atoms with E-state index < -0.39 is 6.04 Å². The molecule has 4 rings (SSSR count). The Kier molecular flexibility index (Phi) is 8.29. The van der Waals surface area contributed by atoms with Crippen LogP contribution in [0.3, 0.4) is 0 Å². The Labute approximate surface area is 232 Å². The van der Waals surface area contributed by atoms with E-state index in [9.17, 15) is 9.59 Å². The number of aldehydes is 1. The van der Waals surface area contributed by atoms with Crippen LogP contribution in [-0.2, 0) is 6.54 Å². The third-order valence-corrected chi connectivity index (χ3v) is 6.97. The first kappa shape index (κ1) is 27.5. The number of hydrogen-bond donors (Lipinski definition) is 1. The van der Waals surface area contributed by atoms with Gasteiger partial charge in [-0.05, 0) is 69.2 Å². The first-order chi connectivity index (χ1) is 18.2. The number of nitrogens with zero attached hydrogens (tertiary/aromatic N) is 3. The molecule has 0 fully saturated rings. The summed E-state index contributed by atoms with van der Waals surface area (Å²) in [5.41, 5.74) is 3.93. The molecule has 1 atom stereocenters. The fourth-order valence-electron chi connectivity index (χ4n) is 4.71. The standard InChI is InChI=1S/C29H30Cl2N4O3/c1-6-34-15-20(14-23(31)29(34)37)32-26(21-12-11-19(30)13-18(21)4)27-24(16-36)33-28(35(27)17(2)3)22-9-7-8-10-25(22)38-5/h7-17,26,32H,6H2,1-5H3. The Balaban J connectivity index is 2.02. The molecule has 0 saturated carbocycles. The fraction of sp³-hybridized carbons (Fsp3) is 0.276. The number of benzene rings is 2. The molecule has 7 nitrogen and oxygen atoms in total. The normalized spacial score (nSPS) is 12.0. The SMILES string of the molecule is CCn1cc(NC(c2ccc(Cl)cc2C)c2c(C=O)nc(-c3ccccc3OC)n2C(C)C)cc(Cl)c1=O. The van der Waals surface area contributed by atoms with Crippen molar-refractivity contribution in [1.82, 2.24) is 14.1 Å². The minimum Gasteiger partial charge on any atom is -0.496 e. The van der Waals surface area contributed by atoms with Crippen molar-refractivity contribution < 1.29 is 9.53 Å². The fourth-order valence-corrected chi connectivity index (χ4v) is 5.17. The zero-order chi connectivity index (χ0) is 27.6. The molecular formula is C29H30Cl2N4O3. The van der Waals surface area contributed by atoms with Crippen molar-refractivity contribution in [2.75, 3.05) is 12.4 Å². The minimum atomic E-state index is -0.523. The molecule has 0 bridgehead atoms. The van der Waals surface area contributed by atoms with Crippen molar-refractivity contribution >= 4 is 35.2 Å². The summed E-state index contributed by atoms with van der Waals surface area (Å²) in [7, 11) is 1.61. The van der Waals surface area contributed by atoms with Gasteiger partial charge in [0.2, 0.25) is 0 Å². The molecule has 9 heteroatoms. The molecule has 4 aromatic rings. The predicted molar refractivity (Wildman–Crippen MR) is 153 cm³/mol. The monoisotopic (exact) mass is 552 g/mol. The number of halogens is 2. The third kappa shape index (κ3) is 5.22. The Hall–Kier alpha value is -3.55. The summed E-state index contributed by atoms with van der Waals surface area (Å²) < 4.78 is 9.21. The molecule has 0 aliphatic carbocycles. The molecule has 38 heavy (non-hydrogen) atoms. The van der Waals surface area contributed by atoms with Gasteiger partial charge in [0.15, 0.2) is 6.29 Å². The van der Waals surface area contributed by atoms with Crippen LogP contribution in [0.2, 0.25) is 10.0 Å². The van der Waals surface area contributed by atoms with Crippen molar-refractivity contribution in [2.45, 2.75) is 46.3 Å². The van der Waals surface area contributed by atoms with Crippen LogP contribution < -0.4 is 15.6 Å². The van der Waals surface area contributed by atoms with E-state index in [0.29, 0.717) is 40.2 Å². The highest BCUT2D eigenvalue weighted by Crippen LogP contribution is 2.38. The van der Waals surface area contributed by atoms with E-state index in [0.717, 1.165) is 23.0 Å². The van der Waals surface area contributed by atoms with Crippen LogP contribution in [0.4, 0.5) is 5.69 Å². The predicted octanol–water partition coefficient (Wildman–Crippen LogP) is 6.95. The van der Waals surface area contributed by atoms with Crippen molar-refractivity contribution in [2.24, 2.45) is 0 Å². The number of hydrogen-bond acceptors (Lipinski definition) is 5. The van der Waals surface area contributed by atoms with Crippen LogP contribution in [0.5, 0.6) is 5.75 Å². The van der Waals surface area contributed by atoms with Gasteiger partial charge in [0.05, 0.1) is 30.1 Å². The number of anilines is 1. The van der Waals surface area contributed by atoms with E-state index in [-0.39, 0.29) is 16.6 Å². The zero-order valence-corrected chi connectivity index (χ0v) is 23.5. The number of carbonyl (C=O) groups is 1. The molecular weight excluding hydrogens is 523 g/mol. The largest absolute Gasteiger partial charge is 0.496 e. The molecule has 2 aromatic carbocycles. The lowest BCUT2D eigenvalue weighted by molar-refractivity contribution is 0.111. The molecule has 0 spiro atoms. The van der Waals surface area contributed by atoms with Crippen LogP contribution >= 0.6 is 23.2 Å². The highest BCUT2D eigenvalue weighted by molar-refractivity contribution is 6.31. The quantitative estimate of drug-likeness (QED) is 0.227. The summed E-state index contributed by atoms with van der Waals surface area (Å²) in [6.07, 6.45) is 2.50. The van der Waals surface area contributed by atoms with Gasteiger partial charge in [-0.25, -0.2) is 4.98 Å². The van der Waals surface area contributed by atoms with E-state index in [2.05, 4.69) is 5.32 Å². The number of rotatable bonds is 9. The molecule has 2 aromatic heterocycles. The molecule has 0 aliphatic rings. The molecule has 198 valence electrons. The number of imidazole rings is 1. The number of aryl methyl sites for hydroxylation is 2. The zero-order valence-electron chi connectivity index (χ0n) is 22.0. The van der Waals surface area contributed by atoms with Gasteiger partial charge < -0.3 is 19.2 Å². The Morgan fingerprint density at radius 2 is 1.87 bits per heavy atom. The van der Waals surface area contributed by atoms with Gasteiger partial charge in [-0.2, -0.15) is 0 Å². The summed E-state index contributed by atoms with van der Waals surface area (Å²) in [5.74, 6) is 1.27. The maximum absolute atomic E-state index is 12.5. The lowest BCUT2D eigenvalue weighted by Crippen LogP contribution is -2.23. The average molecular weight is 553 g/mol. The Bertz CT molecular complexity index is 1540. The number of carbonyl (C=O) groups excluding carboxylic acids is 1. The first-order valence-corrected chi connectivity index (χ1v) is 13.1. The van der Waals surface area contributed by atoms with Crippen molar-refractivity contribution in [3.8, 4) is 17.1 Å².